The highest BCUT2D eigenvalue weighted by Crippen LogP contribution is 2.37. The first-order chi connectivity index (χ1) is 18.9. The molecule has 1 aliphatic rings. The fourth-order valence-electron chi connectivity index (χ4n) is 4.82. The highest BCUT2D eigenvalue weighted by molar-refractivity contribution is 6.05. The molecule has 0 radical (unpaired) electrons. The van der Waals surface area contributed by atoms with Gasteiger partial charge in [-0.2, -0.15) is 5.26 Å². The molecule has 2 aromatic carbocycles. The van der Waals surface area contributed by atoms with Crippen LogP contribution in [-0.2, 0) is 7.05 Å². The number of carbonyl (C=O) groups is 1. The molecule has 5 aromatic rings. The Kier molecular flexibility index (Phi) is 5.69. The standard InChI is InChI=1S/C29H22FN7O2/c1-36-13-21(25-27(32)33-15-34-28(25)36)16-4-8-19(9-5-16)35-29(39)22-14-37(20-10-11-20)23(12-31)24(26(22)38)17-2-6-18(30)7-3-17/h2-9,13-15,20H,10-11H2,1H3,(H,35,39)(H2,32,33,34). The fourth-order valence-corrected chi connectivity index (χ4v) is 4.82. The number of fused-ring (bicyclic) bond motifs is 1. The van der Waals surface area contributed by atoms with Crippen LogP contribution in [0, 0.1) is 17.1 Å². The molecular weight excluding hydrogens is 497 g/mol. The maximum absolute atomic E-state index is 13.6. The number of aromatic nitrogens is 4. The first-order valence-corrected chi connectivity index (χ1v) is 12.3. The van der Waals surface area contributed by atoms with Crippen LogP contribution >= 0.6 is 0 Å². The number of nitrogen functional groups attached to an aromatic ring is 1. The number of nitrogens with zero attached hydrogens (tertiary/aromatic N) is 5. The molecule has 1 fully saturated rings. The summed E-state index contributed by atoms with van der Waals surface area (Å²) in [6, 6.07) is 14.6. The molecule has 0 saturated heterocycles. The van der Waals surface area contributed by atoms with Gasteiger partial charge in [0.15, 0.2) is 0 Å². The van der Waals surface area contributed by atoms with Crippen molar-refractivity contribution in [3.05, 3.63) is 94.5 Å². The van der Waals surface area contributed by atoms with Gasteiger partial charge in [-0.25, -0.2) is 14.4 Å². The molecule has 10 heteroatoms. The third-order valence-corrected chi connectivity index (χ3v) is 6.90. The Balaban J connectivity index is 1.36. The van der Waals surface area contributed by atoms with Crippen molar-refractivity contribution in [3.8, 4) is 28.3 Å². The van der Waals surface area contributed by atoms with Crippen molar-refractivity contribution in [1.29, 1.82) is 5.26 Å². The monoisotopic (exact) mass is 519 g/mol. The van der Waals surface area contributed by atoms with Gasteiger partial charge in [-0.15, -0.1) is 0 Å². The van der Waals surface area contributed by atoms with Crippen LogP contribution in [0.1, 0.15) is 34.9 Å². The Hall–Kier alpha value is -5.30. The van der Waals surface area contributed by atoms with Gasteiger partial charge in [-0.3, -0.25) is 9.59 Å². The second-order valence-corrected chi connectivity index (χ2v) is 9.50. The zero-order valence-corrected chi connectivity index (χ0v) is 20.9. The second kappa shape index (κ2) is 9.22. The van der Waals surface area contributed by atoms with E-state index in [1.54, 1.807) is 16.7 Å². The summed E-state index contributed by atoms with van der Waals surface area (Å²) in [5.74, 6) is -0.689. The number of benzene rings is 2. The maximum atomic E-state index is 13.6. The minimum atomic E-state index is -0.599. The first-order valence-electron chi connectivity index (χ1n) is 12.3. The molecule has 39 heavy (non-hydrogen) atoms. The van der Waals surface area contributed by atoms with E-state index in [0.717, 1.165) is 29.4 Å². The molecule has 0 spiro atoms. The number of amides is 1. The smallest absolute Gasteiger partial charge is 0.261 e. The number of anilines is 2. The summed E-state index contributed by atoms with van der Waals surface area (Å²) in [5.41, 5.74) is 8.96. The highest BCUT2D eigenvalue weighted by atomic mass is 19.1. The number of rotatable bonds is 5. The lowest BCUT2D eigenvalue weighted by molar-refractivity contribution is 0.102. The Labute approximate surface area is 222 Å². The lowest BCUT2D eigenvalue weighted by atomic mass is 10.0. The van der Waals surface area contributed by atoms with E-state index in [-0.39, 0.29) is 22.9 Å². The molecule has 6 rings (SSSR count). The summed E-state index contributed by atoms with van der Waals surface area (Å²) in [7, 11) is 1.87. The van der Waals surface area contributed by atoms with Crippen molar-refractivity contribution < 1.29 is 9.18 Å². The number of aryl methyl sites for hydroxylation is 1. The average Bonchev–Trinajstić information content (AvgIpc) is 3.72. The number of halogens is 1. The average molecular weight is 520 g/mol. The Morgan fingerprint density at radius 2 is 1.77 bits per heavy atom. The molecular formula is C29H22FN7O2. The normalized spacial score (nSPS) is 12.8. The van der Waals surface area contributed by atoms with Gasteiger partial charge in [0.25, 0.3) is 5.91 Å². The first kappa shape index (κ1) is 24.1. The number of nitrogens with one attached hydrogen (secondary N) is 1. The molecule has 3 aromatic heterocycles. The molecule has 3 heterocycles. The Morgan fingerprint density at radius 1 is 1.08 bits per heavy atom. The molecule has 1 saturated carbocycles. The van der Waals surface area contributed by atoms with E-state index < -0.39 is 17.2 Å². The van der Waals surface area contributed by atoms with Crippen molar-refractivity contribution in [1.82, 2.24) is 19.1 Å². The number of carbonyl (C=O) groups excluding carboxylic acids is 1. The van der Waals surface area contributed by atoms with E-state index in [0.29, 0.717) is 22.7 Å². The van der Waals surface area contributed by atoms with E-state index in [9.17, 15) is 19.2 Å². The van der Waals surface area contributed by atoms with Crippen LogP contribution in [0.4, 0.5) is 15.9 Å². The Morgan fingerprint density at radius 3 is 2.44 bits per heavy atom. The predicted octanol–water partition coefficient (Wildman–Crippen LogP) is 4.64. The van der Waals surface area contributed by atoms with E-state index in [1.165, 1.54) is 36.8 Å². The van der Waals surface area contributed by atoms with Gasteiger partial charge in [0.05, 0.1) is 10.9 Å². The largest absolute Gasteiger partial charge is 0.383 e. The van der Waals surface area contributed by atoms with E-state index in [1.807, 2.05) is 29.9 Å². The van der Waals surface area contributed by atoms with Crippen LogP contribution in [0.5, 0.6) is 0 Å². The van der Waals surface area contributed by atoms with E-state index >= 15 is 0 Å². The molecule has 1 aliphatic carbocycles. The van der Waals surface area contributed by atoms with Crippen LogP contribution in [-0.4, -0.2) is 25.0 Å². The van der Waals surface area contributed by atoms with Crippen LogP contribution in [0.2, 0.25) is 0 Å². The molecule has 192 valence electrons. The summed E-state index contributed by atoms with van der Waals surface area (Å²) in [5, 5.41) is 13.4. The zero-order chi connectivity index (χ0) is 27.3. The van der Waals surface area contributed by atoms with Crippen molar-refractivity contribution in [3.63, 3.8) is 0 Å². The maximum Gasteiger partial charge on any atom is 0.261 e. The van der Waals surface area contributed by atoms with Crippen molar-refractivity contribution >= 4 is 28.4 Å². The number of hydrogen-bond donors (Lipinski definition) is 2. The van der Waals surface area contributed by atoms with E-state index in [2.05, 4.69) is 21.4 Å². The molecule has 3 N–H and O–H groups in total. The molecule has 0 bridgehead atoms. The molecule has 0 aliphatic heterocycles. The molecule has 0 atom stereocenters. The minimum Gasteiger partial charge on any atom is -0.383 e. The van der Waals surface area contributed by atoms with Gasteiger partial charge in [0, 0.05) is 36.7 Å². The van der Waals surface area contributed by atoms with E-state index in [4.69, 9.17) is 5.73 Å². The third-order valence-electron chi connectivity index (χ3n) is 6.90. The number of hydrogen-bond acceptors (Lipinski definition) is 6. The van der Waals surface area contributed by atoms with Crippen LogP contribution in [0.25, 0.3) is 33.3 Å². The number of pyridine rings is 1. The van der Waals surface area contributed by atoms with Gasteiger partial charge in [0.2, 0.25) is 5.43 Å². The molecule has 1 amide bonds. The summed E-state index contributed by atoms with van der Waals surface area (Å²) in [6.07, 6.45) is 6.47. The minimum absolute atomic E-state index is 0.0300. The Bertz CT molecular complexity index is 1860. The van der Waals surface area contributed by atoms with Crippen molar-refractivity contribution in [2.45, 2.75) is 18.9 Å². The summed E-state index contributed by atoms with van der Waals surface area (Å²) in [6.45, 7) is 0. The quantitative estimate of drug-likeness (QED) is 0.348. The van der Waals surface area contributed by atoms with Gasteiger partial charge in [0.1, 0.15) is 40.9 Å². The van der Waals surface area contributed by atoms with Crippen LogP contribution in [0.15, 0.2) is 72.0 Å². The summed E-state index contributed by atoms with van der Waals surface area (Å²) >= 11 is 0. The van der Waals surface area contributed by atoms with Gasteiger partial charge in [-0.1, -0.05) is 24.3 Å². The van der Waals surface area contributed by atoms with Gasteiger partial charge >= 0.3 is 0 Å². The fraction of sp³-hybridized carbons (Fsp3) is 0.138. The highest BCUT2D eigenvalue weighted by Gasteiger charge is 2.30. The summed E-state index contributed by atoms with van der Waals surface area (Å²) in [4.78, 5) is 35.3. The van der Waals surface area contributed by atoms with Crippen LogP contribution < -0.4 is 16.5 Å². The van der Waals surface area contributed by atoms with Crippen LogP contribution in [0.3, 0.4) is 0 Å². The molecule has 9 nitrogen and oxygen atoms in total. The number of nitriles is 1. The van der Waals surface area contributed by atoms with Crippen molar-refractivity contribution in [2.75, 3.05) is 11.1 Å². The van der Waals surface area contributed by atoms with Crippen molar-refractivity contribution in [2.24, 2.45) is 7.05 Å². The lowest BCUT2D eigenvalue weighted by Gasteiger charge is -2.15. The SMILES string of the molecule is Cn1cc(-c2ccc(NC(=O)c3cn(C4CC4)c(C#N)c(-c4ccc(F)cc4)c3=O)cc2)c2c(N)ncnc21. The second-order valence-electron chi connectivity index (χ2n) is 9.50. The lowest BCUT2D eigenvalue weighted by Crippen LogP contribution is -2.26. The number of nitrogens with two attached hydrogens (primary N) is 1. The van der Waals surface area contributed by atoms with Gasteiger partial charge < -0.3 is 20.2 Å². The van der Waals surface area contributed by atoms with Gasteiger partial charge in [-0.05, 0) is 48.2 Å². The zero-order valence-electron chi connectivity index (χ0n) is 20.9. The topological polar surface area (TPSA) is 132 Å². The summed E-state index contributed by atoms with van der Waals surface area (Å²) < 4.78 is 17.1. The molecule has 0 unspecified atom stereocenters. The third kappa shape index (κ3) is 4.20. The predicted molar refractivity (Wildman–Crippen MR) is 145 cm³/mol.